The summed E-state index contributed by atoms with van der Waals surface area (Å²) < 4.78 is 11.3. The van der Waals surface area contributed by atoms with Gasteiger partial charge in [-0.05, 0) is 68.7 Å². The van der Waals surface area contributed by atoms with Gasteiger partial charge in [0.25, 0.3) is 5.91 Å². The molecule has 152 valence electrons. The first-order valence-corrected chi connectivity index (χ1v) is 10.9. The maximum atomic E-state index is 12.5. The molecule has 30 heavy (non-hydrogen) atoms. The van der Waals surface area contributed by atoms with Crippen LogP contribution in [0.4, 0.5) is 5.00 Å². The van der Waals surface area contributed by atoms with Crippen LogP contribution < -0.4 is 15.7 Å². The molecule has 0 saturated heterocycles. The third kappa shape index (κ3) is 2.99. The number of rotatable bonds is 4. The minimum Gasteiger partial charge on any atom is -0.483 e. The van der Waals surface area contributed by atoms with Crippen molar-refractivity contribution in [3.05, 3.63) is 55.2 Å². The zero-order valence-electron chi connectivity index (χ0n) is 16.6. The largest absolute Gasteiger partial charge is 0.483 e. The topological polar surface area (TPSA) is 92.3 Å². The number of ether oxygens (including phenoxy) is 1. The molecule has 0 atom stereocenters. The van der Waals surface area contributed by atoms with Gasteiger partial charge in [0.15, 0.2) is 6.61 Å². The van der Waals surface area contributed by atoms with Crippen LogP contribution in [0.1, 0.15) is 45.5 Å². The van der Waals surface area contributed by atoms with Gasteiger partial charge in [0.2, 0.25) is 0 Å². The van der Waals surface area contributed by atoms with Crippen molar-refractivity contribution >= 4 is 33.2 Å². The number of benzene rings is 1. The van der Waals surface area contributed by atoms with Gasteiger partial charge in [-0.3, -0.25) is 4.79 Å². The van der Waals surface area contributed by atoms with E-state index in [0.29, 0.717) is 27.5 Å². The SMILES string of the molecule is Cc1c(OCC(=O)Nc2sc3c(c2C#N)CCC3)ccc2c3c(c(=O)oc12)CCC3. The number of fused-ring (bicyclic) bond motifs is 4. The van der Waals surface area contributed by atoms with E-state index < -0.39 is 0 Å². The van der Waals surface area contributed by atoms with E-state index in [1.54, 1.807) is 0 Å². The predicted molar refractivity (Wildman–Crippen MR) is 114 cm³/mol. The molecule has 0 saturated carbocycles. The number of carbonyl (C=O) groups excluding carboxylic acids is 1. The monoisotopic (exact) mass is 420 g/mol. The van der Waals surface area contributed by atoms with Gasteiger partial charge in [-0.25, -0.2) is 4.79 Å². The molecule has 7 heteroatoms. The Kier molecular flexibility index (Phi) is 4.59. The Bertz CT molecular complexity index is 1300. The van der Waals surface area contributed by atoms with Crippen molar-refractivity contribution in [2.24, 2.45) is 0 Å². The number of anilines is 1. The quantitative estimate of drug-likeness (QED) is 0.644. The number of hydrogen-bond donors (Lipinski definition) is 1. The van der Waals surface area contributed by atoms with E-state index in [4.69, 9.17) is 9.15 Å². The van der Waals surface area contributed by atoms with Crippen molar-refractivity contribution < 1.29 is 13.9 Å². The Labute approximate surface area is 177 Å². The number of aryl methyl sites for hydroxylation is 3. The fourth-order valence-corrected chi connectivity index (χ4v) is 5.79. The van der Waals surface area contributed by atoms with Gasteiger partial charge in [0, 0.05) is 21.4 Å². The summed E-state index contributed by atoms with van der Waals surface area (Å²) in [5, 5.41) is 13.8. The second-order valence-corrected chi connectivity index (χ2v) is 8.88. The average molecular weight is 420 g/mol. The molecule has 5 rings (SSSR count). The van der Waals surface area contributed by atoms with Crippen molar-refractivity contribution in [2.45, 2.75) is 45.4 Å². The molecule has 2 heterocycles. The summed E-state index contributed by atoms with van der Waals surface area (Å²) in [6, 6.07) is 5.95. The highest BCUT2D eigenvalue weighted by Gasteiger charge is 2.24. The molecule has 6 nitrogen and oxygen atoms in total. The summed E-state index contributed by atoms with van der Waals surface area (Å²) in [7, 11) is 0. The fraction of sp³-hybridized carbons (Fsp3) is 0.348. The van der Waals surface area contributed by atoms with Gasteiger partial charge in [-0.15, -0.1) is 11.3 Å². The first-order chi connectivity index (χ1) is 14.6. The highest BCUT2D eigenvalue weighted by atomic mass is 32.1. The highest BCUT2D eigenvalue weighted by Crippen LogP contribution is 2.38. The van der Waals surface area contributed by atoms with Gasteiger partial charge in [0.1, 0.15) is 22.4 Å². The van der Waals surface area contributed by atoms with Gasteiger partial charge in [-0.1, -0.05) is 0 Å². The second-order valence-electron chi connectivity index (χ2n) is 7.78. The van der Waals surface area contributed by atoms with Crippen molar-refractivity contribution in [1.82, 2.24) is 0 Å². The van der Waals surface area contributed by atoms with Gasteiger partial charge < -0.3 is 14.5 Å². The van der Waals surface area contributed by atoms with Crippen LogP contribution in [-0.4, -0.2) is 12.5 Å². The Morgan fingerprint density at radius 1 is 1.20 bits per heavy atom. The standard InChI is InChI=1S/C23H20N2O4S/c1-12-18(9-8-15-13-4-2-6-16(13)23(27)29-21(12)15)28-11-20(26)25-22-17(10-24)14-5-3-7-19(14)30-22/h8-9H,2-7,11H2,1H3,(H,25,26). The molecule has 3 aromatic rings. The molecule has 2 aliphatic carbocycles. The highest BCUT2D eigenvalue weighted by molar-refractivity contribution is 7.16. The summed E-state index contributed by atoms with van der Waals surface area (Å²) in [6.07, 6.45) is 5.53. The fourth-order valence-electron chi connectivity index (χ4n) is 4.54. The Morgan fingerprint density at radius 2 is 1.97 bits per heavy atom. The first-order valence-electron chi connectivity index (χ1n) is 10.1. The molecule has 1 aromatic carbocycles. The van der Waals surface area contributed by atoms with Crippen LogP contribution in [0.2, 0.25) is 0 Å². The van der Waals surface area contributed by atoms with Crippen LogP contribution in [0.3, 0.4) is 0 Å². The van der Waals surface area contributed by atoms with Crippen molar-refractivity contribution in [2.75, 3.05) is 11.9 Å². The normalized spacial score (nSPS) is 14.4. The average Bonchev–Trinajstić information content (AvgIpc) is 3.44. The lowest BCUT2D eigenvalue weighted by Gasteiger charge is -2.12. The summed E-state index contributed by atoms with van der Waals surface area (Å²) in [5.74, 6) is 0.189. The Morgan fingerprint density at radius 3 is 2.80 bits per heavy atom. The molecule has 0 radical (unpaired) electrons. The van der Waals surface area contributed by atoms with E-state index in [-0.39, 0.29) is 18.1 Å². The van der Waals surface area contributed by atoms with Crippen LogP contribution in [0.25, 0.3) is 11.0 Å². The number of carbonyl (C=O) groups is 1. The minimum absolute atomic E-state index is 0.186. The molecule has 1 amide bonds. The maximum Gasteiger partial charge on any atom is 0.339 e. The molecule has 0 bridgehead atoms. The second kappa shape index (κ2) is 7.29. The maximum absolute atomic E-state index is 12.5. The van der Waals surface area contributed by atoms with Crippen LogP contribution in [0.5, 0.6) is 5.75 Å². The number of hydrogen-bond acceptors (Lipinski definition) is 6. The molecular weight excluding hydrogens is 400 g/mol. The molecule has 0 unspecified atom stereocenters. The van der Waals surface area contributed by atoms with Gasteiger partial charge in [0.05, 0.1) is 5.56 Å². The van der Waals surface area contributed by atoms with Crippen molar-refractivity contribution in [1.29, 1.82) is 5.26 Å². The van der Waals surface area contributed by atoms with Crippen LogP contribution in [0.15, 0.2) is 21.3 Å². The lowest BCUT2D eigenvalue weighted by molar-refractivity contribution is -0.118. The van der Waals surface area contributed by atoms with E-state index in [1.165, 1.54) is 16.2 Å². The van der Waals surface area contributed by atoms with Crippen LogP contribution >= 0.6 is 11.3 Å². The van der Waals surface area contributed by atoms with Crippen molar-refractivity contribution in [3.63, 3.8) is 0 Å². The lowest BCUT2D eigenvalue weighted by atomic mass is 10.0. The molecule has 0 aliphatic heterocycles. The number of nitrogens with zero attached hydrogens (tertiary/aromatic N) is 1. The number of nitriles is 1. The lowest BCUT2D eigenvalue weighted by Crippen LogP contribution is -2.20. The van der Waals surface area contributed by atoms with Crippen LogP contribution in [0, 0.1) is 18.3 Å². The van der Waals surface area contributed by atoms with E-state index in [0.717, 1.165) is 60.6 Å². The molecule has 2 aliphatic rings. The molecule has 1 N–H and O–H groups in total. The zero-order valence-corrected chi connectivity index (χ0v) is 17.4. The Hall–Kier alpha value is -3.11. The summed E-state index contributed by atoms with van der Waals surface area (Å²) in [5.41, 5.74) is 4.47. The summed E-state index contributed by atoms with van der Waals surface area (Å²) in [4.78, 5) is 25.9. The van der Waals surface area contributed by atoms with E-state index in [9.17, 15) is 14.9 Å². The molecule has 2 aromatic heterocycles. The summed E-state index contributed by atoms with van der Waals surface area (Å²) >= 11 is 1.48. The van der Waals surface area contributed by atoms with Crippen molar-refractivity contribution in [3.8, 4) is 11.8 Å². The third-order valence-corrected chi connectivity index (χ3v) is 7.19. The van der Waals surface area contributed by atoms with Gasteiger partial charge in [-0.2, -0.15) is 5.26 Å². The smallest absolute Gasteiger partial charge is 0.339 e. The third-order valence-electron chi connectivity index (χ3n) is 5.99. The number of thiophene rings is 1. The van der Waals surface area contributed by atoms with Gasteiger partial charge >= 0.3 is 5.63 Å². The van der Waals surface area contributed by atoms with E-state index >= 15 is 0 Å². The van der Waals surface area contributed by atoms with Crippen LogP contribution in [-0.2, 0) is 30.5 Å². The van der Waals surface area contributed by atoms with E-state index in [1.807, 2.05) is 19.1 Å². The predicted octanol–water partition coefficient (Wildman–Crippen LogP) is 4.03. The minimum atomic E-state index is -0.318. The zero-order chi connectivity index (χ0) is 20.8. The molecule has 0 spiro atoms. The molecular formula is C23H20N2O4S. The summed E-state index contributed by atoms with van der Waals surface area (Å²) in [6.45, 7) is 1.65. The Balaban J connectivity index is 1.35. The first kappa shape index (κ1) is 18.9. The van der Waals surface area contributed by atoms with E-state index in [2.05, 4.69) is 11.4 Å². The number of amides is 1. The molecule has 0 fully saturated rings. The number of nitrogens with one attached hydrogen (secondary N) is 1.